The molecule has 1 unspecified atom stereocenters. The zero-order valence-electron chi connectivity index (χ0n) is 30.9. The number of nitrogens with one attached hydrogen (secondary N) is 2. The molecule has 1 atom stereocenters. The number of rotatable bonds is 15. The molecule has 270 valence electrons. The molecule has 0 radical (unpaired) electrons. The van der Waals surface area contributed by atoms with Gasteiger partial charge in [-0.05, 0) is 93.5 Å². The third kappa shape index (κ3) is 10.2. The van der Waals surface area contributed by atoms with Crippen molar-refractivity contribution in [1.82, 2.24) is 10.6 Å². The van der Waals surface area contributed by atoms with Crippen molar-refractivity contribution >= 4 is 41.2 Å². The largest absolute Gasteiger partial charge is 0.444 e. The van der Waals surface area contributed by atoms with E-state index in [1.54, 1.807) is 45.5 Å². The molecule has 0 bridgehead atoms. The lowest BCUT2D eigenvalue weighted by Gasteiger charge is -2.25. The van der Waals surface area contributed by atoms with Gasteiger partial charge in [-0.2, -0.15) is 5.26 Å². The van der Waals surface area contributed by atoms with E-state index in [2.05, 4.69) is 50.1 Å². The molecule has 2 N–H and O–H groups in total. The van der Waals surface area contributed by atoms with Crippen molar-refractivity contribution in [3.63, 3.8) is 0 Å². The minimum atomic E-state index is -0.684. The quantitative estimate of drug-likeness (QED) is 0.106. The summed E-state index contributed by atoms with van der Waals surface area (Å²) in [4.78, 5) is 30.3. The van der Waals surface area contributed by atoms with Crippen LogP contribution in [0.1, 0.15) is 108 Å². The maximum Gasteiger partial charge on any atom is 0.411 e. The van der Waals surface area contributed by atoms with Gasteiger partial charge in [-0.25, -0.2) is 9.18 Å². The van der Waals surface area contributed by atoms with Crippen LogP contribution in [0.15, 0.2) is 45.4 Å². The van der Waals surface area contributed by atoms with Gasteiger partial charge in [-0.15, -0.1) is 23.5 Å². The lowest BCUT2D eigenvalue weighted by Crippen LogP contribution is -2.32. The number of nitrogens with zero attached hydrogens (tertiary/aromatic N) is 2. The van der Waals surface area contributed by atoms with Gasteiger partial charge in [0.25, 0.3) is 0 Å². The second kappa shape index (κ2) is 18.6. The van der Waals surface area contributed by atoms with E-state index in [1.165, 1.54) is 6.07 Å². The molecule has 2 aromatic rings. The molecule has 0 fully saturated rings. The van der Waals surface area contributed by atoms with Crippen LogP contribution >= 0.6 is 23.5 Å². The molecule has 0 spiro atoms. The highest BCUT2D eigenvalue weighted by Crippen LogP contribution is 2.43. The molecule has 2 aromatic carbocycles. The predicted octanol–water partition coefficient (Wildman–Crippen LogP) is 9.49. The van der Waals surface area contributed by atoms with Crippen LogP contribution in [0.3, 0.4) is 0 Å². The highest BCUT2D eigenvalue weighted by Gasteiger charge is 2.31. The molecule has 3 rings (SSSR count). The highest BCUT2D eigenvalue weighted by atomic mass is 32.2. The Labute approximate surface area is 305 Å². The molecule has 0 saturated carbocycles. The number of thioether (sulfide) groups is 2. The number of benzene rings is 2. The van der Waals surface area contributed by atoms with Crippen LogP contribution in [-0.4, -0.2) is 40.9 Å². The molecular formula is C39H51FN4O4S2. The maximum absolute atomic E-state index is 15.5. The fourth-order valence-electron chi connectivity index (χ4n) is 5.92. The number of amides is 1. The first-order valence-electron chi connectivity index (χ1n) is 17.2. The van der Waals surface area contributed by atoms with Gasteiger partial charge >= 0.3 is 6.09 Å². The topological polar surface area (TPSA) is 113 Å². The van der Waals surface area contributed by atoms with Crippen LogP contribution in [0.2, 0.25) is 0 Å². The van der Waals surface area contributed by atoms with Crippen LogP contribution in [-0.2, 0) is 33.9 Å². The van der Waals surface area contributed by atoms with E-state index < -0.39 is 23.6 Å². The van der Waals surface area contributed by atoms with Crippen LogP contribution < -0.4 is 10.6 Å². The average Bonchev–Trinajstić information content (AvgIpc) is 3.51. The number of allylic oxidation sites excluding steroid dienone is 1. The molecule has 1 heterocycles. The van der Waals surface area contributed by atoms with Gasteiger partial charge in [0.2, 0.25) is 0 Å². The van der Waals surface area contributed by atoms with Crippen LogP contribution in [0.4, 0.5) is 9.18 Å². The summed E-state index contributed by atoms with van der Waals surface area (Å²) in [5, 5.41) is 17.7. The van der Waals surface area contributed by atoms with Crippen molar-refractivity contribution in [1.29, 1.82) is 5.26 Å². The number of ether oxygens (including phenoxy) is 2. The zero-order valence-corrected chi connectivity index (χ0v) is 32.5. The summed E-state index contributed by atoms with van der Waals surface area (Å²) in [6, 6.07) is 4.83. The minimum absolute atomic E-state index is 0.00665. The summed E-state index contributed by atoms with van der Waals surface area (Å²) >= 11 is 2.78. The van der Waals surface area contributed by atoms with Gasteiger partial charge in [0, 0.05) is 22.6 Å². The number of carbonyl (C=O) groups excluding carboxylic acids is 2. The third-order valence-electron chi connectivity index (χ3n) is 7.99. The SMILES string of the molecule is C=C(CSc1c(F)ccc(-c2c(CC)c(C)c(C(=NC(CCC)C(C)=O)N/C(=C/CC)SCC)c3c2COC3)c1C#N)NC(=O)OC(C)(C)C. The molecule has 0 aromatic heterocycles. The Hall–Kier alpha value is -3.59. The Morgan fingerprint density at radius 1 is 1.18 bits per heavy atom. The molecule has 50 heavy (non-hydrogen) atoms. The normalized spacial score (nSPS) is 13.8. The molecule has 0 aliphatic carbocycles. The fraction of sp³-hybridized carbons (Fsp3) is 0.487. The first-order valence-corrected chi connectivity index (χ1v) is 19.1. The Bertz CT molecular complexity index is 1700. The average molecular weight is 723 g/mol. The Kier molecular flexibility index (Phi) is 15.2. The van der Waals surface area contributed by atoms with Gasteiger partial charge in [-0.3, -0.25) is 15.1 Å². The number of halogens is 1. The molecular weight excluding hydrogens is 672 g/mol. The second-order valence-electron chi connectivity index (χ2n) is 13.0. The number of hydrogen-bond donors (Lipinski definition) is 2. The van der Waals surface area contributed by atoms with E-state index in [0.717, 1.165) is 68.8 Å². The van der Waals surface area contributed by atoms with Crippen LogP contribution in [0, 0.1) is 24.1 Å². The lowest BCUT2D eigenvalue weighted by atomic mass is 9.82. The summed E-state index contributed by atoms with van der Waals surface area (Å²) in [5.41, 5.74) is 6.03. The maximum atomic E-state index is 15.5. The Balaban J connectivity index is 2.23. The number of carbonyl (C=O) groups is 2. The molecule has 0 saturated heterocycles. The number of nitriles is 1. The van der Waals surface area contributed by atoms with Crippen molar-refractivity contribution in [2.24, 2.45) is 4.99 Å². The number of Topliss-reactive ketones (excluding diaryl/α,β-unsaturated/α-hetero) is 1. The Morgan fingerprint density at radius 2 is 1.88 bits per heavy atom. The lowest BCUT2D eigenvalue weighted by molar-refractivity contribution is -0.118. The third-order valence-corrected chi connectivity index (χ3v) is 10.0. The summed E-state index contributed by atoms with van der Waals surface area (Å²) < 4.78 is 26.9. The van der Waals surface area contributed by atoms with Crippen molar-refractivity contribution in [2.45, 2.75) is 118 Å². The minimum Gasteiger partial charge on any atom is -0.444 e. The number of amidine groups is 1. The van der Waals surface area contributed by atoms with E-state index in [4.69, 9.17) is 14.5 Å². The van der Waals surface area contributed by atoms with Gasteiger partial charge < -0.3 is 14.8 Å². The van der Waals surface area contributed by atoms with Crippen LogP contribution in [0.25, 0.3) is 11.1 Å². The van der Waals surface area contributed by atoms with E-state index in [1.807, 2.05) is 13.8 Å². The van der Waals surface area contributed by atoms with Crippen molar-refractivity contribution in [2.75, 3.05) is 11.5 Å². The van der Waals surface area contributed by atoms with Crippen molar-refractivity contribution in [3.05, 3.63) is 74.7 Å². The Morgan fingerprint density at radius 3 is 2.46 bits per heavy atom. The zero-order chi connectivity index (χ0) is 37.2. The van der Waals surface area contributed by atoms with Gasteiger partial charge in [0.15, 0.2) is 5.78 Å². The molecule has 1 aliphatic rings. The predicted molar refractivity (Wildman–Crippen MR) is 204 cm³/mol. The smallest absolute Gasteiger partial charge is 0.411 e. The highest BCUT2D eigenvalue weighted by molar-refractivity contribution is 8.03. The molecule has 1 aliphatic heterocycles. The number of hydrogen-bond acceptors (Lipinski definition) is 8. The summed E-state index contributed by atoms with van der Waals surface area (Å²) in [7, 11) is 0. The standard InChI is InChI=1S/C39H51FN4O4S2/c1-11-15-32(25(7)45)43-37(44-33(16-12-2)49-14-4)34-24(6)26(13-3)35(30-21-47-20-29(30)34)27-17-18-31(40)36(28(27)19-41)50-22-23(5)42-38(46)48-39(8,9)10/h16-18,32H,5,11-15,20-22H2,1-4,6-10H3,(H,42,46)(H,43,44)/b33-16-. The first kappa shape index (κ1) is 40.8. The number of alkyl carbamates (subject to hydrolysis) is 1. The second-order valence-corrected chi connectivity index (χ2v) is 15.3. The van der Waals surface area contributed by atoms with Gasteiger partial charge in [0.1, 0.15) is 29.4 Å². The van der Waals surface area contributed by atoms with Gasteiger partial charge in [-0.1, -0.05) is 52.8 Å². The fourth-order valence-corrected chi connectivity index (χ4v) is 7.58. The molecule has 8 nitrogen and oxygen atoms in total. The van der Waals surface area contributed by atoms with Crippen molar-refractivity contribution in [3.8, 4) is 17.2 Å². The van der Waals surface area contributed by atoms with Crippen molar-refractivity contribution < 1.29 is 23.5 Å². The summed E-state index contributed by atoms with van der Waals surface area (Å²) in [6.45, 7) is 21.7. The van der Waals surface area contributed by atoms with E-state index >= 15 is 4.39 Å². The summed E-state index contributed by atoms with van der Waals surface area (Å²) in [6.07, 6.45) is 4.38. The van der Waals surface area contributed by atoms with E-state index in [-0.39, 0.29) is 22.0 Å². The molecule has 1 amide bonds. The summed E-state index contributed by atoms with van der Waals surface area (Å²) in [5.74, 6) is 1.10. The first-order chi connectivity index (χ1) is 23.7. The van der Waals surface area contributed by atoms with Gasteiger partial charge in [0.05, 0.1) is 28.7 Å². The number of aliphatic imine (C=N–C) groups is 1. The number of fused-ring (bicyclic) bond motifs is 1. The van der Waals surface area contributed by atoms with E-state index in [9.17, 15) is 14.9 Å². The monoisotopic (exact) mass is 722 g/mol. The van der Waals surface area contributed by atoms with E-state index in [0.29, 0.717) is 43.2 Å². The number of ketones is 1. The van der Waals surface area contributed by atoms with Crippen LogP contribution in [0.5, 0.6) is 0 Å². The molecule has 11 heteroatoms.